The molecule has 0 aliphatic rings. The fourth-order valence-electron chi connectivity index (χ4n) is 1.94. The van der Waals surface area contributed by atoms with Crippen molar-refractivity contribution in [1.82, 2.24) is 19.1 Å². The molecule has 0 aliphatic heterocycles. The highest BCUT2D eigenvalue weighted by Gasteiger charge is 2.13. The average Bonchev–Trinajstić information content (AvgIpc) is 3.10. The van der Waals surface area contributed by atoms with Crippen LogP contribution in [0.4, 0.5) is 10.8 Å². The van der Waals surface area contributed by atoms with Crippen molar-refractivity contribution < 1.29 is 0 Å². The minimum Gasteiger partial charge on any atom is -0.382 e. The standard InChI is InChI=1S/C13H14N6S/c14-12-11(10-2-5-15-6-3-10)13(20-18-12)16-7-9-19-8-1-4-17-19/h1-6,8,16H,7,9H2,(H2,14,18). The van der Waals surface area contributed by atoms with E-state index in [4.69, 9.17) is 5.73 Å². The summed E-state index contributed by atoms with van der Waals surface area (Å²) in [6, 6.07) is 5.77. The zero-order valence-electron chi connectivity index (χ0n) is 10.7. The van der Waals surface area contributed by atoms with Crippen LogP contribution >= 0.6 is 11.5 Å². The lowest BCUT2D eigenvalue weighted by atomic mass is 10.1. The number of nitrogens with two attached hydrogens (primary N) is 1. The molecule has 6 nitrogen and oxygen atoms in total. The van der Waals surface area contributed by atoms with E-state index in [9.17, 15) is 0 Å². The van der Waals surface area contributed by atoms with Crippen LogP contribution in [0.1, 0.15) is 0 Å². The molecule has 0 aliphatic carbocycles. The molecule has 0 radical (unpaired) electrons. The molecule has 102 valence electrons. The van der Waals surface area contributed by atoms with Crippen LogP contribution in [0.3, 0.4) is 0 Å². The number of hydrogen-bond acceptors (Lipinski definition) is 6. The first kappa shape index (κ1) is 12.6. The van der Waals surface area contributed by atoms with Gasteiger partial charge in [0.25, 0.3) is 0 Å². The molecule has 0 saturated heterocycles. The molecule has 3 N–H and O–H groups in total. The van der Waals surface area contributed by atoms with E-state index in [0.717, 1.165) is 29.2 Å². The van der Waals surface area contributed by atoms with Gasteiger partial charge in [-0.3, -0.25) is 9.67 Å². The average molecular weight is 286 g/mol. The Morgan fingerprint density at radius 1 is 1.25 bits per heavy atom. The van der Waals surface area contributed by atoms with Crippen molar-refractivity contribution in [2.24, 2.45) is 0 Å². The second kappa shape index (κ2) is 5.70. The fraction of sp³-hybridized carbons (Fsp3) is 0.154. The molecule has 3 aromatic rings. The molecular weight excluding hydrogens is 272 g/mol. The van der Waals surface area contributed by atoms with Gasteiger partial charge >= 0.3 is 0 Å². The van der Waals surface area contributed by atoms with Gasteiger partial charge in [-0.1, -0.05) is 0 Å². The van der Waals surface area contributed by atoms with Gasteiger partial charge in [-0.15, -0.1) is 0 Å². The molecule has 0 amide bonds. The van der Waals surface area contributed by atoms with Crippen molar-refractivity contribution >= 4 is 22.4 Å². The Hall–Kier alpha value is -2.41. The van der Waals surface area contributed by atoms with Gasteiger partial charge in [-0.25, -0.2) is 0 Å². The highest BCUT2D eigenvalue weighted by molar-refractivity contribution is 7.11. The molecule has 0 bridgehead atoms. The second-order valence-electron chi connectivity index (χ2n) is 4.20. The third-order valence-corrected chi connectivity index (χ3v) is 3.69. The fourth-order valence-corrected chi connectivity index (χ4v) is 2.70. The van der Waals surface area contributed by atoms with E-state index in [-0.39, 0.29) is 0 Å². The minimum atomic E-state index is 0.544. The first-order chi connectivity index (χ1) is 9.84. The van der Waals surface area contributed by atoms with Crippen molar-refractivity contribution in [2.75, 3.05) is 17.6 Å². The number of anilines is 2. The number of pyridine rings is 1. The lowest BCUT2D eigenvalue weighted by Gasteiger charge is -2.07. The van der Waals surface area contributed by atoms with Crippen molar-refractivity contribution in [3.05, 3.63) is 43.0 Å². The maximum Gasteiger partial charge on any atom is 0.147 e. The summed E-state index contributed by atoms with van der Waals surface area (Å²) in [6.45, 7) is 1.56. The smallest absolute Gasteiger partial charge is 0.147 e. The number of rotatable bonds is 5. The summed E-state index contributed by atoms with van der Waals surface area (Å²) in [5.41, 5.74) is 7.92. The van der Waals surface area contributed by atoms with Gasteiger partial charge in [0.1, 0.15) is 10.8 Å². The SMILES string of the molecule is Nc1nsc(NCCn2cccn2)c1-c1ccncc1. The van der Waals surface area contributed by atoms with Gasteiger partial charge in [0.2, 0.25) is 0 Å². The molecule has 3 aromatic heterocycles. The van der Waals surface area contributed by atoms with Gasteiger partial charge in [0, 0.05) is 31.3 Å². The van der Waals surface area contributed by atoms with E-state index in [1.165, 1.54) is 11.5 Å². The Labute approximate surface area is 120 Å². The summed E-state index contributed by atoms with van der Waals surface area (Å²) in [6.07, 6.45) is 7.21. The molecule has 0 spiro atoms. The zero-order valence-corrected chi connectivity index (χ0v) is 11.5. The largest absolute Gasteiger partial charge is 0.382 e. The predicted octanol–water partition coefficient (Wildman–Crippen LogP) is 2.10. The third kappa shape index (κ3) is 2.62. The van der Waals surface area contributed by atoms with E-state index < -0.39 is 0 Å². The molecule has 0 aromatic carbocycles. The van der Waals surface area contributed by atoms with E-state index >= 15 is 0 Å². The van der Waals surface area contributed by atoms with Gasteiger partial charge in [0.05, 0.1) is 12.1 Å². The van der Waals surface area contributed by atoms with E-state index in [1.54, 1.807) is 18.6 Å². The molecule has 0 atom stereocenters. The van der Waals surface area contributed by atoms with E-state index in [1.807, 2.05) is 29.1 Å². The summed E-state index contributed by atoms with van der Waals surface area (Å²) in [5.74, 6) is 0.544. The predicted molar refractivity (Wildman–Crippen MR) is 80.5 cm³/mol. The zero-order chi connectivity index (χ0) is 13.8. The lowest BCUT2D eigenvalue weighted by molar-refractivity contribution is 0.638. The molecule has 20 heavy (non-hydrogen) atoms. The van der Waals surface area contributed by atoms with Gasteiger partial charge in [-0.05, 0) is 35.3 Å². The summed E-state index contributed by atoms with van der Waals surface area (Å²) in [5, 5.41) is 8.50. The van der Waals surface area contributed by atoms with Crippen LogP contribution in [0.5, 0.6) is 0 Å². The molecule has 0 unspecified atom stereocenters. The van der Waals surface area contributed by atoms with Crippen LogP contribution in [-0.4, -0.2) is 25.7 Å². The Kier molecular flexibility index (Phi) is 3.60. The van der Waals surface area contributed by atoms with Crippen LogP contribution < -0.4 is 11.1 Å². The molecule has 0 saturated carbocycles. The highest BCUT2D eigenvalue weighted by Crippen LogP contribution is 2.36. The van der Waals surface area contributed by atoms with Gasteiger partial charge in [-0.2, -0.15) is 9.47 Å². The van der Waals surface area contributed by atoms with Crippen molar-refractivity contribution in [1.29, 1.82) is 0 Å². The number of nitrogens with zero attached hydrogens (tertiary/aromatic N) is 4. The first-order valence-corrected chi connectivity index (χ1v) is 6.99. The molecule has 3 heterocycles. The molecule has 0 fully saturated rings. The molecule has 7 heteroatoms. The quantitative estimate of drug-likeness (QED) is 0.750. The Balaban J connectivity index is 1.74. The number of hydrogen-bond donors (Lipinski definition) is 2. The van der Waals surface area contributed by atoms with Crippen molar-refractivity contribution in [3.8, 4) is 11.1 Å². The Bertz CT molecular complexity index is 661. The van der Waals surface area contributed by atoms with Crippen LogP contribution in [0.15, 0.2) is 43.0 Å². The number of aromatic nitrogens is 4. The number of nitrogens with one attached hydrogen (secondary N) is 1. The maximum absolute atomic E-state index is 5.96. The van der Waals surface area contributed by atoms with Gasteiger partial charge < -0.3 is 11.1 Å². The normalized spacial score (nSPS) is 10.6. The van der Waals surface area contributed by atoms with E-state index in [0.29, 0.717) is 5.82 Å². The van der Waals surface area contributed by atoms with Crippen molar-refractivity contribution in [3.63, 3.8) is 0 Å². The Morgan fingerprint density at radius 3 is 2.85 bits per heavy atom. The van der Waals surface area contributed by atoms with Crippen LogP contribution in [0.25, 0.3) is 11.1 Å². The maximum atomic E-state index is 5.96. The van der Waals surface area contributed by atoms with Crippen LogP contribution in [0, 0.1) is 0 Å². The van der Waals surface area contributed by atoms with Crippen LogP contribution in [0.2, 0.25) is 0 Å². The first-order valence-electron chi connectivity index (χ1n) is 6.21. The monoisotopic (exact) mass is 286 g/mol. The minimum absolute atomic E-state index is 0.544. The van der Waals surface area contributed by atoms with Crippen molar-refractivity contribution in [2.45, 2.75) is 6.54 Å². The molecular formula is C13H14N6S. The lowest BCUT2D eigenvalue weighted by Crippen LogP contribution is -2.10. The summed E-state index contributed by atoms with van der Waals surface area (Å²) in [4.78, 5) is 4.02. The Morgan fingerprint density at radius 2 is 2.10 bits per heavy atom. The second-order valence-corrected chi connectivity index (χ2v) is 4.98. The van der Waals surface area contributed by atoms with E-state index in [2.05, 4.69) is 19.8 Å². The van der Waals surface area contributed by atoms with Crippen LogP contribution in [-0.2, 0) is 6.54 Å². The molecule has 3 rings (SSSR count). The number of nitrogen functional groups attached to an aromatic ring is 1. The van der Waals surface area contributed by atoms with Gasteiger partial charge in [0.15, 0.2) is 0 Å². The summed E-state index contributed by atoms with van der Waals surface area (Å²) >= 11 is 1.37. The summed E-state index contributed by atoms with van der Waals surface area (Å²) < 4.78 is 6.10. The topological polar surface area (TPSA) is 81.6 Å². The highest BCUT2D eigenvalue weighted by atomic mass is 32.1. The summed E-state index contributed by atoms with van der Waals surface area (Å²) in [7, 11) is 0. The third-order valence-electron chi connectivity index (χ3n) is 2.87.